The molecule has 1 atom stereocenters. The zero-order chi connectivity index (χ0) is 19.6. The monoisotopic (exact) mass is 405 g/mol. The molecule has 0 bridgehead atoms. The van der Waals surface area contributed by atoms with E-state index in [1.54, 1.807) is 0 Å². The van der Waals surface area contributed by atoms with E-state index in [0.717, 1.165) is 64.3 Å². The van der Waals surface area contributed by atoms with E-state index in [9.17, 15) is 9.59 Å². The molecule has 3 aliphatic rings. The van der Waals surface area contributed by atoms with Crippen molar-refractivity contribution in [2.75, 3.05) is 59.0 Å². The fourth-order valence-corrected chi connectivity index (χ4v) is 4.80. The first-order valence-electron chi connectivity index (χ1n) is 10.2. The average molecular weight is 406 g/mol. The first-order chi connectivity index (χ1) is 13.6. The van der Waals surface area contributed by atoms with Gasteiger partial charge in [0.25, 0.3) is 0 Å². The SMILES string of the molecule is O=C(Cc1cccc(Cl)c1)N1CCC2(CCN(CCN3CCOCC3)C2=O)C1. The second-order valence-electron chi connectivity index (χ2n) is 8.15. The minimum Gasteiger partial charge on any atom is -0.379 e. The van der Waals surface area contributed by atoms with Crippen molar-refractivity contribution in [1.29, 1.82) is 0 Å². The van der Waals surface area contributed by atoms with E-state index >= 15 is 0 Å². The normalized spacial score (nSPS) is 25.8. The van der Waals surface area contributed by atoms with Gasteiger partial charge in [-0.3, -0.25) is 14.5 Å². The Morgan fingerprint density at radius 2 is 1.89 bits per heavy atom. The first-order valence-corrected chi connectivity index (χ1v) is 10.6. The number of nitrogens with zero attached hydrogens (tertiary/aromatic N) is 3. The van der Waals surface area contributed by atoms with E-state index in [1.165, 1.54) is 0 Å². The molecule has 0 saturated carbocycles. The number of morpholine rings is 1. The fraction of sp³-hybridized carbons (Fsp3) is 0.619. The molecule has 28 heavy (non-hydrogen) atoms. The zero-order valence-electron chi connectivity index (χ0n) is 16.2. The van der Waals surface area contributed by atoms with Crippen LogP contribution in [0.15, 0.2) is 24.3 Å². The Balaban J connectivity index is 1.31. The van der Waals surface area contributed by atoms with Crippen LogP contribution in [-0.4, -0.2) is 85.5 Å². The van der Waals surface area contributed by atoms with Crippen LogP contribution in [0.4, 0.5) is 0 Å². The van der Waals surface area contributed by atoms with Gasteiger partial charge in [-0.25, -0.2) is 0 Å². The highest BCUT2D eigenvalue weighted by Gasteiger charge is 2.51. The second kappa shape index (κ2) is 8.39. The van der Waals surface area contributed by atoms with Gasteiger partial charge in [0.2, 0.25) is 11.8 Å². The summed E-state index contributed by atoms with van der Waals surface area (Å²) >= 11 is 6.02. The molecule has 0 N–H and O–H groups in total. The number of likely N-dealkylation sites (tertiary alicyclic amines) is 2. The Morgan fingerprint density at radius 3 is 2.68 bits per heavy atom. The van der Waals surface area contributed by atoms with E-state index < -0.39 is 0 Å². The predicted octanol–water partition coefficient (Wildman–Crippen LogP) is 1.67. The van der Waals surface area contributed by atoms with Crippen molar-refractivity contribution in [1.82, 2.24) is 14.7 Å². The van der Waals surface area contributed by atoms with E-state index in [0.29, 0.717) is 24.5 Å². The highest BCUT2D eigenvalue weighted by atomic mass is 35.5. The lowest BCUT2D eigenvalue weighted by Crippen LogP contribution is -2.44. The van der Waals surface area contributed by atoms with Crippen LogP contribution < -0.4 is 0 Å². The molecular weight excluding hydrogens is 378 g/mol. The average Bonchev–Trinajstić information content (AvgIpc) is 3.26. The van der Waals surface area contributed by atoms with Crippen molar-refractivity contribution in [3.8, 4) is 0 Å². The molecule has 152 valence electrons. The van der Waals surface area contributed by atoms with E-state index in [4.69, 9.17) is 16.3 Å². The molecule has 7 heteroatoms. The number of halogens is 1. The summed E-state index contributed by atoms with van der Waals surface area (Å²) in [4.78, 5) is 32.1. The predicted molar refractivity (Wildman–Crippen MR) is 107 cm³/mol. The molecule has 1 unspecified atom stereocenters. The van der Waals surface area contributed by atoms with Crippen LogP contribution >= 0.6 is 11.6 Å². The van der Waals surface area contributed by atoms with Crippen molar-refractivity contribution in [2.24, 2.45) is 5.41 Å². The van der Waals surface area contributed by atoms with Crippen molar-refractivity contribution in [3.63, 3.8) is 0 Å². The van der Waals surface area contributed by atoms with E-state index in [2.05, 4.69) is 4.90 Å². The van der Waals surface area contributed by atoms with Gasteiger partial charge in [0.15, 0.2) is 0 Å². The molecule has 6 nitrogen and oxygen atoms in total. The molecule has 3 aliphatic heterocycles. The molecule has 0 radical (unpaired) electrons. The molecule has 3 saturated heterocycles. The minimum absolute atomic E-state index is 0.0821. The Kier molecular flexibility index (Phi) is 5.90. The number of benzene rings is 1. The van der Waals surface area contributed by atoms with Crippen LogP contribution in [0.1, 0.15) is 18.4 Å². The molecule has 4 rings (SSSR count). The lowest BCUT2D eigenvalue weighted by Gasteiger charge is -2.29. The van der Waals surface area contributed by atoms with Gasteiger partial charge in [0.05, 0.1) is 25.0 Å². The summed E-state index contributed by atoms with van der Waals surface area (Å²) in [6.45, 7) is 7.15. The van der Waals surface area contributed by atoms with Crippen LogP contribution in [0.3, 0.4) is 0 Å². The van der Waals surface area contributed by atoms with Gasteiger partial charge in [-0.15, -0.1) is 0 Å². The van der Waals surface area contributed by atoms with Crippen LogP contribution in [-0.2, 0) is 20.7 Å². The maximum Gasteiger partial charge on any atom is 0.230 e. The number of rotatable bonds is 5. The summed E-state index contributed by atoms with van der Waals surface area (Å²) in [5.41, 5.74) is 0.554. The Labute approximate surface area is 171 Å². The topological polar surface area (TPSA) is 53.1 Å². The van der Waals surface area contributed by atoms with Crippen LogP contribution in [0.2, 0.25) is 5.02 Å². The number of carbonyl (C=O) groups is 2. The van der Waals surface area contributed by atoms with Crippen molar-refractivity contribution in [3.05, 3.63) is 34.9 Å². The molecule has 1 aromatic rings. The van der Waals surface area contributed by atoms with Crippen molar-refractivity contribution >= 4 is 23.4 Å². The van der Waals surface area contributed by atoms with Gasteiger partial charge < -0.3 is 14.5 Å². The summed E-state index contributed by atoms with van der Waals surface area (Å²) in [5, 5.41) is 0.644. The van der Waals surface area contributed by atoms with E-state index in [-0.39, 0.29) is 17.2 Å². The summed E-state index contributed by atoms with van der Waals surface area (Å²) in [6, 6.07) is 7.43. The molecule has 3 heterocycles. The summed E-state index contributed by atoms with van der Waals surface area (Å²) in [6.07, 6.45) is 1.97. The number of amides is 2. The Morgan fingerprint density at radius 1 is 1.11 bits per heavy atom. The summed E-state index contributed by atoms with van der Waals surface area (Å²) in [7, 11) is 0. The molecule has 0 aliphatic carbocycles. The molecule has 0 aromatic heterocycles. The largest absolute Gasteiger partial charge is 0.379 e. The van der Waals surface area contributed by atoms with Gasteiger partial charge in [0, 0.05) is 50.8 Å². The minimum atomic E-state index is -0.366. The number of ether oxygens (including phenoxy) is 1. The molecular formula is C21H28ClN3O3. The third kappa shape index (κ3) is 4.19. The number of hydrogen-bond acceptors (Lipinski definition) is 4. The van der Waals surface area contributed by atoms with Gasteiger partial charge in [-0.2, -0.15) is 0 Å². The van der Waals surface area contributed by atoms with Crippen molar-refractivity contribution < 1.29 is 14.3 Å². The third-order valence-corrected chi connectivity index (χ3v) is 6.58. The second-order valence-corrected chi connectivity index (χ2v) is 8.58. The quantitative estimate of drug-likeness (QED) is 0.747. The lowest BCUT2D eigenvalue weighted by molar-refractivity contribution is -0.136. The van der Waals surface area contributed by atoms with Crippen molar-refractivity contribution in [2.45, 2.75) is 19.3 Å². The van der Waals surface area contributed by atoms with Crippen LogP contribution in [0.5, 0.6) is 0 Å². The summed E-state index contributed by atoms with van der Waals surface area (Å²) < 4.78 is 5.39. The Bertz CT molecular complexity index is 737. The Hall–Kier alpha value is -1.63. The molecule has 3 fully saturated rings. The smallest absolute Gasteiger partial charge is 0.230 e. The fourth-order valence-electron chi connectivity index (χ4n) is 4.59. The third-order valence-electron chi connectivity index (χ3n) is 6.34. The highest BCUT2D eigenvalue weighted by molar-refractivity contribution is 6.30. The maximum absolute atomic E-state index is 13.1. The first kappa shape index (κ1) is 19.7. The van der Waals surface area contributed by atoms with Crippen LogP contribution in [0, 0.1) is 5.41 Å². The molecule has 2 amide bonds. The summed E-state index contributed by atoms with van der Waals surface area (Å²) in [5.74, 6) is 0.317. The standard InChI is InChI=1S/C21H28ClN3O3/c22-18-3-1-2-17(14-18)15-19(26)25-7-5-21(16-25)4-6-24(20(21)27)9-8-23-10-12-28-13-11-23/h1-3,14H,4-13,15-16H2. The zero-order valence-corrected chi connectivity index (χ0v) is 17.0. The van der Waals surface area contributed by atoms with E-state index in [1.807, 2.05) is 34.1 Å². The lowest BCUT2D eigenvalue weighted by atomic mass is 9.85. The molecule has 1 aromatic carbocycles. The van der Waals surface area contributed by atoms with Gasteiger partial charge in [0.1, 0.15) is 0 Å². The highest BCUT2D eigenvalue weighted by Crippen LogP contribution is 2.40. The van der Waals surface area contributed by atoms with Gasteiger partial charge >= 0.3 is 0 Å². The number of hydrogen-bond donors (Lipinski definition) is 0. The molecule has 1 spiro atoms. The van der Waals surface area contributed by atoms with Gasteiger partial charge in [-0.1, -0.05) is 23.7 Å². The number of carbonyl (C=O) groups excluding carboxylic acids is 2. The van der Waals surface area contributed by atoms with Gasteiger partial charge in [-0.05, 0) is 30.5 Å². The maximum atomic E-state index is 13.1. The van der Waals surface area contributed by atoms with Crippen LogP contribution in [0.25, 0.3) is 0 Å².